The molecule has 0 aliphatic carbocycles. The lowest BCUT2D eigenvalue weighted by atomic mass is 9.81. The van der Waals surface area contributed by atoms with Crippen LogP contribution in [0.2, 0.25) is 0 Å². The number of amides is 2. The van der Waals surface area contributed by atoms with Crippen molar-refractivity contribution >= 4 is 17.8 Å². The smallest absolute Gasteiger partial charge is 0.307 e. The number of carbonyl (C=O) groups excluding carboxylic acids is 2. The maximum absolute atomic E-state index is 13.8. The molecule has 43 heavy (non-hydrogen) atoms. The van der Waals surface area contributed by atoms with Gasteiger partial charge >= 0.3 is 5.97 Å². The van der Waals surface area contributed by atoms with E-state index in [1.807, 2.05) is 77.1 Å². The number of aryl methyl sites for hydroxylation is 2. The third-order valence-corrected chi connectivity index (χ3v) is 8.20. The fourth-order valence-corrected chi connectivity index (χ4v) is 5.64. The summed E-state index contributed by atoms with van der Waals surface area (Å²) in [6.07, 6.45) is 2.86. The van der Waals surface area contributed by atoms with Crippen LogP contribution in [-0.2, 0) is 20.8 Å². The summed E-state index contributed by atoms with van der Waals surface area (Å²) in [5, 5.41) is 16.1. The molecule has 0 saturated heterocycles. The van der Waals surface area contributed by atoms with Gasteiger partial charge in [-0.1, -0.05) is 113 Å². The third-order valence-electron chi connectivity index (χ3n) is 8.20. The van der Waals surface area contributed by atoms with Crippen molar-refractivity contribution in [2.75, 3.05) is 0 Å². The van der Waals surface area contributed by atoms with Crippen LogP contribution in [0.25, 0.3) is 11.1 Å². The van der Waals surface area contributed by atoms with E-state index in [2.05, 4.69) is 54.0 Å². The van der Waals surface area contributed by atoms with E-state index in [0.717, 1.165) is 23.1 Å². The van der Waals surface area contributed by atoms with Gasteiger partial charge in [0.1, 0.15) is 6.04 Å². The highest BCUT2D eigenvalue weighted by atomic mass is 16.4. The van der Waals surface area contributed by atoms with Crippen molar-refractivity contribution in [2.45, 2.75) is 85.7 Å². The van der Waals surface area contributed by atoms with Crippen molar-refractivity contribution in [3.63, 3.8) is 0 Å². The number of nitrogens with one attached hydrogen (secondary N) is 2. The normalized spacial score (nSPS) is 14.3. The molecule has 0 aromatic heterocycles. The highest BCUT2D eigenvalue weighted by Gasteiger charge is 2.38. The maximum atomic E-state index is 13.8. The van der Waals surface area contributed by atoms with Gasteiger partial charge < -0.3 is 15.7 Å². The first-order valence-corrected chi connectivity index (χ1v) is 15.5. The van der Waals surface area contributed by atoms with E-state index in [0.29, 0.717) is 25.7 Å². The third kappa shape index (κ3) is 9.54. The Bertz CT molecular complexity index is 1350. The summed E-state index contributed by atoms with van der Waals surface area (Å²) in [6, 6.07) is 25.3. The molecule has 0 heterocycles. The van der Waals surface area contributed by atoms with Crippen molar-refractivity contribution in [2.24, 2.45) is 17.3 Å². The second kappa shape index (κ2) is 15.5. The number of carboxylic acid groups (broad SMARTS) is 1. The standard InChI is InChI=1S/C37H48N2O4/c1-7-14-32(36(42)43)31(20-13-16-27-21-23-29(24-22-27)30-19-12-11-15-25(30)2)34(40)39-33(37(4,5)6)35(41)38-26(3)28-17-9-8-10-18-28/h8-12,15,17-19,21-24,26,31-33H,7,13-14,16,20H2,1-6H3,(H,38,41)(H,39,40)(H,42,43)/t26-,31-,32+,33-/m1/s1. The Morgan fingerprint density at radius 1 is 0.791 bits per heavy atom. The maximum Gasteiger partial charge on any atom is 0.307 e. The lowest BCUT2D eigenvalue weighted by molar-refractivity contribution is -0.148. The zero-order chi connectivity index (χ0) is 31.6. The molecule has 4 atom stereocenters. The molecule has 3 N–H and O–H groups in total. The molecule has 230 valence electrons. The Kier molecular flexibility index (Phi) is 12.1. The molecule has 0 aliphatic rings. The minimum atomic E-state index is -0.973. The monoisotopic (exact) mass is 584 g/mol. The van der Waals surface area contributed by atoms with Crippen molar-refractivity contribution in [1.29, 1.82) is 0 Å². The first-order valence-electron chi connectivity index (χ1n) is 15.5. The highest BCUT2D eigenvalue weighted by molar-refractivity contribution is 5.91. The van der Waals surface area contributed by atoms with Crippen molar-refractivity contribution in [3.8, 4) is 11.1 Å². The zero-order valence-electron chi connectivity index (χ0n) is 26.5. The van der Waals surface area contributed by atoms with Gasteiger partial charge in [-0.2, -0.15) is 0 Å². The number of carbonyl (C=O) groups is 3. The van der Waals surface area contributed by atoms with Crippen molar-refractivity contribution < 1.29 is 19.5 Å². The second-order valence-corrected chi connectivity index (χ2v) is 12.7. The molecule has 0 bridgehead atoms. The molecule has 0 unspecified atom stereocenters. The van der Waals surface area contributed by atoms with E-state index in [1.54, 1.807) is 0 Å². The van der Waals surface area contributed by atoms with Crippen LogP contribution < -0.4 is 10.6 Å². The lowest BCUT2D eigenvalue weighted by Gasteiger charge is -2.33. The van der Waals surface area contributed by atoms with Gasteiger partial charge in [0.05, 0.1) is 17.9 Å². The molecule has 6 nitrogen and oxygen atoms in total. The summed E-state index contributed by atoms with van der Waals surface area (Å²) in [7, 11) is 0. The van der Waals surface area contributed by atoms with Crippen LogP contribution in [0.4, 0.5) is 0 Å². The fourth-order valence-electron chi connectivity index (χ4n) is 5.64. The summed E-state index contributed by atoms with van der Waals surface area (Å²) < 4.78 is 0. The lowest BCUT2D eigenvalue weighted by Crippen LogP contribution is -2.56. The second-order valence-electron chi connectivity index (χ2n) is 12.7. The Morgan fingerprint density at radius 3 is 2.00 bits per heavy atom. The van der Waals surface area contributed by atoms with Crippen LogP contribution in [0.1, 0.15) is 83.0 Å². The van der Waals surface area contributed by atoms with Crippen LogP contribution in [0.3, 0.4) is 0 Å². The summed E-state index contributed by atoms with van der Waals surface area (Å²) in [4.78, 5) is 39.6. The van der Waals surface area contributed by atoms with Gasteiger partial charge in [0.25, 0.3) is 0 Å². The number of benzene rings is 3. The molecule has 6 heteroatoms. The van der Waals surface area contributed by atoms with E-state index >= 15 is 0 Å². The molecule has 3 rings (SSSR count). The van der Waals surface area contributed by atoms with Crippen LogP contribution >= 0.6 is 0 Å². The van der Waals surface area contributed by atoms with Gasteiger partial charge in [-0.3, -0.25) is 14.4 Å². The minimum absolute atomic E-state index is 0.240. The van der Waals surface area contributed by atoms with Gasteiger partial charge in [0.15, 0.2) is 0 Å². The van der Waals surface area contributed by atoms with Crippen LogP contribution in [0, 0.1) is 24.2 Å². The number of carboxylic acids is 1. The first kappa shape index (κ1) is 33.6. The predicted molar refractivity (Wildman–Crippen MR) is 173 cm³/mol. The molecular weight excluding hydrogens is 536 g/mol. The molecular formula is C37H48N2O4. The van der Waals surface area contributed by atoms with E-state index in [4.69, 9.17) is 0 Å². The number of rotatable bonds is 14. The number of hydrogen-bond donors (Lipinski definition) is 3. The zero-order valence-corrected chi connectivity index (χ0v) is 26.5. The van der Waals surface area contributed by atoms with Crippen LogP contribution in [0.15, 0.2) is 78.9 Å². The van der Waals surface area contributed by atoms with E-state index in [1.165, 1.54) is 11.1 Å². The van der Waals surface area contributed by atoms with Gasteiger partial charge in [-0.15, -0.1) is 0 Å². The Morgan fingerprint density at radius 2 is 1.42 bits per heavy atom. The van der Waals surface area contributed by atoms with Crippen LogP contribution in [0.5, 0.6) is 0 Å². The Hall–Kier alpha value is -3.93. The molecule has 3 aromatic carbocycles. The van der Waals surface area contributed by atoms with Gasteiger partial charge in [-0.05, 0) is 72.8 Å². The molecule has 0 aliphatic heterocycles. The van der Waals surface area contributed by atoms with Crippen molar-refractivity contribution in [3.05, 3.63) is 95.6 Å². The SMILES string of the molecule is CCC[C@H](C(=O)O)[C@@H](CCCc1ccc(-c2ccccc2C)cc1)C(=O)N[C@H](C(=O)N[C@H](C)c1ccccc1)C(C)(C)C. The summed E-state index contributed by atoms with van der Waals surface area (Å²) in [5.41, 5.74) is 5.10. The summed E-state index contributed by atoms with van der Waals surface area (Å²) in [5.74, 6) is -3.20. The number of aliphatic carboxylic acids is 1. The van der Waals surface area contributed by atoms with Crippen LogP contribution in [-0.4, -0.2) is 28.9 Å². The van der Waals surface area contributed by atoms with Gasteiger partial charge in [-0.25, -0.2) is 0 Å². The number of hydrogen-bond acceptors (Lipinski definition) is 3. The van der Waals surface area contributed by atoms with Gasteiger partial charge in [0, 0.05) is 0 Å². The highest BCUT2D eigenvalue weighted by Crippen LogP contribution is 2.28. The Balaban J connectivity index is 1.73. The van der Waals surface area contributed by atoms with E-state index in [-0.39, 0.29) is 17.9 Å². The first-order chi connectivity index (χ1) is 20.4. The largest absolute Gasteiger partial charge is 0.481 e. The minimum Gasteiger partial charge on any atom is -0.481 e. The molecule has 0 fully saturated rings. The molecule has 0 radical (unpaired) electrons. The molecule has 2 amide bonds. The summed E-state index contributed by atoms with van der Waals surface area (Å²) >= 11 is 0. The quantitative estimate of drug-likeness (QED) is 0.183. The average molecular weight is 585 g/mol. The van der Waals surface area contributed by atoms with Crippen molar-refractivity contribution in [1.82, 2.24) is 10.6 Å². The average Bonchev–Trinajstić information content (AvgIpc) is 2.97. The Labute approximate surface area is 257 Å². The van der Waals surface area contributed by atoms with E-state index in [9.17, 15) is 19.5 Å². The van der Waals surface area contributed by atoms with Gasteiger partial charge in [0.2, 0.25) is 11.8 Å². The predicted octanol–water partition coefficient (Wildman–Crippen LogP) is 7.51. The fraction of sp³-hybridized carbons (Fsp3) is 0.432. The molecule has 0 saturated carbocycles. The topological polar surface area (TPSA) is 95.5 Å². The van der Waals surface area contributed by atoms with E-state index < -0.39 is 29.3 Å². The molecule has 3 aromatic rings. The summed E-state index contributed by atoms with van der Waals surface area (Å²) in [6.45, 7) is 11.6. The molecule has 0 spiro atoms.